The van der Waals surface area contributed by atoms with Crippen LogP contribution in [0.4, 0.5) is 5.82 Å². The third kappa shape index (κ3) is 3.20. The fourth-order valence-electron chi connectivity index (χ4n) is 1.75. The van der Waals surface area contributed by atoms with E-state index in [0.717, 1.165) is 30.9 Å². The first-order valence-electron chi connectivity index (χ1n) is 6.08. The number of aryl methyl sites for hydroxylation is 1. The summed E-state index contributed by atoms with van der Waals surface area (Å²) in [7, 11) is 0. The highest BCUT2D eigenvalue weighted by molar-refractivity contribution is 6.33. The molecule has 18 heavy (non-hydrogen) atoms. The van der Waals surface area contributed by atoms with E-state index < -0.39 is 0 Å². The van der Waals surface area contributed by atoms with Gasteiger partial charge >= 0.3 is 0 Å². The molecule has 0 saturated carbocycles. The molecule has 1 aromatic heterocycles. The van der Waals surface area contributed by atoms with Crippen molar-refractivity contribution in [1.29, 1.82) is 0 Å². The van der Waals surface area contributed by atoms with Crippen LogP contribution in [0.2, 0.25) is 5.02 Å². The van der Waals surface area contributed by atoms with Crippen LogP contribution in [0.1, 0.15) is 18.2 Å². The van der Waals surface area contributed by atoms with E-state index in [4.69, 9.17) is 11.6 Å². The minimum atomic E-state index is 0.632. The lowest BCUT2D eigenvalue weighted by atomic mass is 10.1. The summed E-state index contributed by atoms with van der Waals surface area (Å²) in [5.74, 6) is 0.722. The molecule has 0 aliphatic rings. The van der Waals surface area contributed by atoms with Crippen LogP contribution in [0.5, 0.6) is 0 Å². The maximum Gasteiger partial charge on any atom is 0.148 e. The third-order valence-corrected chi connectivity index (χ3v) is 3.14. The summed E-state index contributed by atoms with van der Waals surface area (Å²) in [5, 5.41) is 3.89. The van der Waals surface area contributed by atoms with Crippen molar-refractivity contribution in [3.05, 3.63) is 52.9 Å². The minimum Gasteiger partial charge on any atom is -0.368 e. The Kier molecular flexibility index (Phi) is 4.53. The van der Waals surface area contributed by atoms with Crippen LogP contribution in [0.25, 0.3) is 0 Å². The normalized spacial score (nSPS) is 10.3. The molecule has 1 aromatic carbocycles. The van der Waals surface area contributed by atoms with Crippen LogP contribution in [-0.4, -0.2) is 16.5 Å². The molecule has 0 bridgehead atoms. The molecule has 0 aliphatic carbocycles. The van der Waals surface area contributed by atoms with Gasteiger partial charge in [-0.1, -0.05) is 48.9 Å². The number of nitrogens with zero attached hydrogens (tertiary/aromatic N) is 2. The number of anilines is 1. The van der Waals surface area contributed by atoms with Crippen LogP contribution in [0.15, 0.2) is 36.7 Å². The molecule has 0 fully saturated rings. The quantitative estimate of drug-likeness (QED) is 0.897. The molecule has 0 atom stereocenters. The Morgan fingerprint density at radius 2 is 1.94 bits per heavy atom. The van der Waals surface area contributed by atoms with Gasteiger partial charge in [-0.25, -0.2) is 9.97 Å². The first kappa shape index (κ1) is 12.8. The molecule has 1 heterocycles. The van der Waals surface area contributed by atoms with Crippen molar-refractivity contribution in [2.45, 2.75) is 19.8 Å². The van der Waals surface area contributed by atoms with E-state index in [2.05, 4.69) is 27.4 Å². The zero-order valence-corrected chi connectivity index (χ0v) is 11.1. The van der Waals surface area contributed by atoms with Crippen molar-refractivity contribution >= 4 is 17.4 Å². The highest BCUT2D eigenvalue weighted by Crippen LogP contribution is 2.21. The molecule has 0 radical (unpaired) electrons. The third-order valence-electron chi connectivity index (χ3n) is 2.75. The molecule has 2 aromatic rings. The van der Waals surface area contributed by atoms with E-state index in [9.17, 15) is 0 Å². The molecule has 4 heteroatoms. The maximum atomic E-state index is 6.20. The number of rotatable bonds is 5. The number of nitrogens with one attached hydrogen (secondary N) is 1. The fourth-order valence-corrected chi connectivity index (χ4v) is 2.04. The van der Waals surface area contributed by atoms with Crippen LogP contribution in [0, 0.1) is 0 Å². The predicted octanol–water partition coefficient (Wildman–Crippen LogP) is 3.35. The standard InChI is InChI=1S/C14H16ClN3/c1-2-12-13(15)14(18-10-17-12)16-9-8-11-6-4-3-5-7-11/h3-7,10H,2,8-9H2,1H3,(H,16,17,18). The van der Waals surface area contributed by atoms with E-state index in [1.807, 2.05) is 25.1 Å². The summed E-state index contributed by atoms with van der Waals surface area (Å²) in [6, 6.07) is 10.3. The van der Waals surface area contributed by atoms with Crippen molar-refractivity contribution in [3.8, 4) is 0 Å². The lowest BCUT2D eigenvalue weighted by Gasteiger charge is -2.09. The van der Waals surface area contributed by atoms with Crippen LogP contribution >= 0.6 is 11.6 Å². The van der Waals surface area contributed by atoms with Crippen LogP contribution in [0.3, 0.4) is 0 Å². The topological polar surface area (TPSA) is 37.8 Å². The Labute approximate surface area is 112 Å². The van der Waals surface area contributed by atoms with Crippen LogP contribution in [-0.2, 0) is 12.8 Å². The fraction of sp³-hybridized carbons (Fsp3) is 0.286. The molecule has 3 nitrogen and oxygen atoms in total. The second kappa shape index (κ2) is 6.36. The lowest BCUT2D eigenvalue weighted by Crippen LogP contribution is -2.08. The van der Waals surface area contributed by atoms with E-state index in [1.165, 1.54) is 5.56 Å². The molecular weight excluding hydrogens is 246 g/mol. The van der Waals surface area contributed by atoms with Gasteiger partial charge in [0.05, 0.1) is 5.69 Å². The number of benzene rings is 1. The second-order valence-electron chi connectivity index (χ2n) is 4.00. The Morgan fingerprint density at radius 1 is 1.17 bits per heavy atom. The van der Waals surface area contributed by atoms with Gasteiger partial charge in [0, 0.05) is 6.54 Å². The van der Waals surface area contributed by atoms with E-state index in [-0.39, 0.29) is 0 Å². The van der Waals surface area contributed by atoms with Gasteiger partial charge in [0.15, 0.2) is 0 Å². The largest absolute Gasteiger partial charge is 0.368 e. The molecular formula is C14H16ClN3. The molecule has 2 rings (SSSR count). The van der Waals surface area contributed by atoms with Gasteiger partial charge in [-0.15, -0.1) is 0 Å². The summed E-state index contributed by atoms with van der Waals surface area (Å²) in [6.07, 6.45) is 3.31. The van der Waals surface area contributed by atoms with Gasteiger partial charge in [0.1, 0.15) is 17.2 Å². The summed E-state index contributed by atoms with van der Waals surface area (Å²) in [4.78, 5) is 8.30. The molecule has 0 unspecified atom stereocenters. The first-order valence-corrected chi connectivity index (χ1v) is 6.46. The average Bonchev–Trinajstić information content (AvgIpc) is 2.42. The molecule has 0 spiro atoms. The summed E-state index contributed by atoms with van der Waals surface area (Å²) < 4.78 is 0. The number of halogens is 1. The minimum absolute atomic E-state index is 0.632. The van der Waals surface area contributed by atoms with Gasteiger partial charge in [-0.05, 0) is 18.4 Å². The van der Waals surface area contributed by atoms with Crippen LogP contribution < -0.4 is 5.32 Å². The number of hydrogen-bond acceptors (Lipinski definition) is 3. The van der Waals surface area contributed by atoms with E-state index in [1.54, 1.807) is 6.33 Å². The monoisotopic (exact) mass is 261 g/mol. The average molecular weight is 262 g/mol. The van der Waals surface area contributed by atoms with Crippen molar-refractivity contribution < 1.29 is 0 Å². The Balaban J connectivity index is 1.95. The molecule has 94 valence electrons. The highest BCUT2D eigenvalue weighted by Gasteiger charge is 2.06. The highest BCUT2D eigenvalue weighted by atomic mass is 35.5. The zero-order valence-electron chi connectivity index (χ0n) is 10.4. The van der Waals surface area contributed by atoms with Gasteiger partial charge in [0.25, 0.3) is 0 Å². The Morgan fingerprint density at radius 3 is 2.67 bits per heavy atom. The maximum absolute atomic E-state index is 6.20. The summed E-state index contributed by atoms with van der Waals surface area (Å²) in [6.45, 7) is 2.84. The van der Waals surface area contributed by atoms with E-state index >= 15 is 0 Å². The van der Waals surface area contributed by atoms with E-state index in [0.29, 0.717) is 5.02 Å². The lowest BCUT2D eigenvalue weighted by molar-refractivity contribution is 0.968. The Bertz CT molecular complexity index is 500. The smallest absolute Gasteiger partial charge is 0.148 e. The number of hydrogen-bond donors (Lipinski definition) is 1. The zero-order chi connectivity index (χ0) is 12.8. The molecule has 0 amide bonds. The van der Waals surface area contributed by atoms with Gasteiger partial charge in [-0.3, -0.25) is 0 Å². The molecule has 1 N–H and O–H groups in total. The first-order chi connectivity index (χ1) is 8.81. The second-order valence-corrected chi connectivity index (χ2v) is 4.38. The summed E-state index contributed by atoms with van der Waals surface area (Å²) >= 11 is 6.20. The predicted molar refractivity (Wildman–Crippen MR) is 75.1 cm³/mol. The Hall–Kier alpha value is -1.61. The van der Waals surface area contributed by atoms with Crippen molar-refractivity contribution in [1.82, 2.24) is 9.97 Å². The molecule has 0 aliphatic heterocycles. The van der Waals surface area contributed by atoms with Crippen molar-refractivity contribution in [2.24, 2.45) is 0 Å². The summed E-state index contributed by atoms with van der Waals surface area (Å²) in [5.41, 5.74) is 2.18. The van der Waals surface area contributed by atoms with Gasteiger partial charge in [-0.2, -0.15) is 0 Å². The van der Waals surface area contributed by atoms with Gasteiger partial charge in [0.2, 0.25) is 0 Å². The van der Waals surface area contributed by atoms with Crippen molar-refractivity contribution in [2.75, 3.05) is 11.9 Å². The SMILES string of the molecule is CCc1ncnc(NCCc2ccccc2)c1Cl. The molecule has 0 saturated heterocycles. The number of aromatic nitrogens is 2. The van der Waals surface area contributed by atoms with Gasteiger partial charge < -0.3 is 5.32 Å². The van der Waals surface area contributed by atoms with Crippen molar-refractivity contribution in [3.63, 3.8) is 0 Å².